The minimum atomic E-state index is -0.365. The van der Waals surface area contributed by atoms with Crippen LogP contribution in [0.1, 0.15) is 41.4 Å². The number of aryl methyl sites for hydroxylation is 1. The molecular weight excluding hydrogens is 430 g/mol. The maximum Gasteiger partial charge on any atom is 0.278 e. The number of rotatable bonds is 6. The Labute approximate surface area is 199 Å². The van der Waals surface area contributed by atoms with Gasteiger partial charge in [0.25, 0.3) is 5.91 Å². The fraction of sp³-hybridized carbons (Fsp3) is 0.400. The molecule has 0 saturated carbocycles. The Bertz CT molecular complexity index is 1190. The highest BCUT2D eigenvalue weighted by molar-refractivity contribution is 6.02. The van der Waals surface area contributed by atoms with Crippen molar-refractivity contribution < 1.29 is 9.59 Å². The van der Waals surface area contributed by atoms with E-state index in [-0.39, 0.29) is 23.6 Å². The summed E-state index contributed by atoms with van der Waals surface area (Å²) in [4.78, 5) is 42.6. The number of carbonyl (C=O) groups excluding carboxylic acids is 2. The molecule has 1 N–H and O–H groups in total. The van der Waals surface area contributed by atoms with Crippen LogP contribution in [0.15, 0.2) is 48.9 Å². The molecule has 2 aromatic heterocycles. The summed E-state index contributed by atoms with van der Waals surface area (Å²) in [6.07, 6.45) is 10.8. The molecule has 9 heteroatoms. The molecule has 0 radical (unpaired) electrons. The molecule has 4 rings (SSSR count). The minimum absolute atomic E-state index is 0.0139. The van der Waals surface area contributed by atoms with Crippen molar-refractivity contribution in [3.8, 4) is 0 Å². The van der Waals surface area contributed by atoms with Gasteiger partial charge in [0.2, 0.25) is 11.9 Å². The lowest BCUT2D eigenvalue weighted by atomic mass is 10.1. The predicted octanol–water partition coefficient (Wildman–Crippen LogP) is 3.06. The van der Waals surface area contributed by atoms with E-state index in [4.69, 9.17) is 4.98 Å². The van der Waals surface area contributed by atoms with Gasteiger partial charge < -0.3 is 14.4 Å². The molecule has 34 heavy (non-hydrogen) atoms. The molecule has 0 bridgehead atoms. The third-order valence-electron chi connectivity index (χ3n) is 5.99. The van der Waals surface area contributed by atoms with E-state index in [1.165, 1.54) is 18.6 Å². The van der Waals surface area contributed by atoms with E-state index in [0.29, 0.717) is 25.6 Å². The summed E-state index contributed by atoms with van der Waals surface area (Å²) < 4.78 is 2.09. The number of amides is 2. The largest absolute Gasteiger partial charge is 0.337 e. The van der Waals surface area contributed by atoms with Crippen LogP contribution in [0.3, 0.4) is 0 Å². The number of imidazole rings is 1. The van der Waals surface area contributed by atoms with Crippen molar-refractivity contribution in [1.82, 2.24) is 29.3 Å². The number of benzene rings is 1. The Morgan fingerprint density at radius 1 is 1.24 bits per heavy atom. The van der Waals surface area contributed by atoms with Crippen LogP contribution in [0.4, 0.5) is 5.95 Å². The van der Waals surface area contributed by atoms with Crippen LogP contribution in [0.2, 0.25) is 0 Å². The number of hydrogen-bond acceptors (Lipinski definition) is 6. The molecule has 0 aliphatic carbocycles. The molecule has 1 fully saturated rings. The fourth-order valence-electron chi connectivity index (χ4n) is 4.35. The molecule has 178 valence electrons. The minimum Gasteiger partial charge on any atom is -0.337 e. The second-order valence-corrected chi connectivity index (χ2v) is 8.89. The van der Waals surface area contributed by atoms with Gasteiger partial charge >= 0.3 is 0 Å². The first kappa shape index (κ1) is 23.6. The van der Waals surface area contributed by atoms with E-state index in [9.17, 15) is 9.59 Å². The zero-order chi connectivity index (χ0) is 24.1. The average Bonchev–Trinajstić information content (AvgIpc) is 3.01. The maximum atomic E-state index is 12.9. The number of fused-ring (bicyclic) bond motifs is 1. The highest BCUT2D eigenvalue weighted by atomic mass is 16.2. The summed E-state index contributed by atoms with van der Waals surface area (Å²) in [5, 5.41) is 2.94. The molecular formula is C25H31N7O2. The highest BCUT2D eigenvalue weighted by Gasteiger charge is 2.27. The van der Waals surface area contributed by atoms with Crippen molar-refractivity contribution in [2.75, 3.05) is 39.0 Å². The molecule has 2 amide bonds. The Morgan fingerprint density at radius 3 is 2.85 bits per heavy atom. The smallest absolute Gasteiger partial charge is 0.278 e. The van der Waals surface area contributed by atoms with E-state index in [2.05, 4.69) is 19.9 Å². The monoisotopic (exact) mass is 461 g/mol. The first-order valence-electron chi connectivity index (χ1n) is 11.6. The van der Waals surface area contributed by atoms with Gasteiger partial charge in [-0.25, -0.2) is 9.97 Å². The number of likely N-dealkylation sites (tertiary alicyclic amines) is 1. The lowest BCUT2D eigenvalue weighted by Crippen LogP contribution is -2.35. The number of carbonyl (C=O) groups is 2. The zero-order valence-corrected chi connectivity index (χ0v) is 19.9. The maximum absolute atomic E-state index is 12.9. The summed E-state index contributed by atoms with van der Waals surface area (Å²) in [7, 11) is 3.94. The van der Waals surface area contributed by atoms with Crippen LogP contribution >= 0.6 is 0 Å². The third kappa shape index (κ3) is 5.31. The highest BCUT2D eigenvalue weighted by Crippen LogP contribution is 2.32. The van der Waals surface area contributed by atoms with Crippen LogP contribution in [0.25, 0.3) is 11.0 Å². The van der Waals surface area contributed by atoms with Gasteiger partial charge in [0.1, 0.15) is 5.69 Å². The number of aromatic nitrogens is 4. The predicted molar refractivity (Wildman–Crippen MR) is 132 cm³/mol. The zero-order valence-electron chi connectivity index (χ0n) is 19.9. The van der Waals surface area contributed by atoms with E-state index in [0.717, 1.165) is 35.9 Å². The average molecular weight is 462 g/mol. The van der Waals surface area contributed by atoms with Gasteiger partial charge in [0, 0.05) is 38.1 Å². The van der Waals surface area contributed by atoms with Crippen LogP contribution in [0.5, 0.6) is 0 Å². The van der Waals surface area contributed by atoms with Gasteiger partial charge in [-0.05, 0) is 51.9 Å². The first-order valence-corrected chi connectivity index (χ1v) is 11.6. The fourth-order valence-corrected chi connectivity index (χ4v) is 4.35. The van der Waals surface area contributed by atoms with Crippen molar-refractivity contribution in [2.45, 2.75) is 32.2 Å². The van der Waals surface area contributed by atoms with Gasteiger partial charge in [0.05, 0.1) is 23.3 Å². The van der Waals surface area contributed by atoms with Crippen LogP contribution in [-0.4, -0.2) is 74.9 Å². The summed E-state index contributed by atoms with van der Waals surface area (Å²) in [6, 6.07) is 5.93. The second-order valence-electron chi connectivity index (χ2n) is 8.89. The number of nitrogens with one attached hydrogen (secondary N) is 1. The van der Waals surface area contributed by atoms with Crippen LogP contribution in [-0.2, 0) is 4.79 Å². The Kier molecular flexibility index (Phi) is 7.32. The van der Waals surface area contributed by atoms with Gasteiger partial charge in [0.15, 0.2) is 0 Å². The number of nitrogens with zero attached hydrogens (tertiary/aromatic N) is 6. The van der Waals surface area contributed by atoms with Gasteiger partial charge in [-0.1, -0.05) is 18.2 Å². The Balaban J connectivity index is 1.67. The number of anilines is 1. The Morgan fingerprint density at radius 2 is 2.09 bits per heavy atom. The lowest BCUT2D eigenvalue weighted by Gasteiger charge is -2.26. The molecule has 1 aliphatic rings. The molecule has 9 nitrogen and oxygen atoms in total. The molecule has 1 atom stereocenters. The molecule has 1 unspecified atom stereocenters. The summed E-state index contributed by atoms with van der Waals surface area (Å²) in [5.41, 5.74) is 3.07. The second kappa shape index (κ2) is 10.6. The summed E-state index contributed by atoms with van der Waals surface area (Å²) >= 11 is 0. The van der Waals surface area contributed by atoms with Crippen molar-refractivity contribution in [3.05, 3.63) is 60.2 Å². The van der Waals surface area contributed by atoms with Crippen molar-refractivity contribution in [3.63, 3.8) is 0 Å². The quantitative estimate of drug-likeness (QED) is 0.567. The van der Waals surface area contributed by atoms with Crippen molar-refractivity contribution >= 4 is 28.8 Å². The third-order valence-corrected chi connectivity index (χ3v) is 5.99. The summed E-state index contributed by atoms with van der Waals surface area (Å²) in [6.45, 7) is 4.03. The molecule has 0 spiro atoms. The molecule has 1 aromatic carbocycles. The molecule has 3 aromatic rings. The lowest BCUT2D eigenvalue weighted by molar-refractivity contribution is -0.126. The van der Waals surface area contributed by atoms with Gasteiger partial charge in [-0.15, -0.1) is 0 Å². The van der Waals surface area contributed by atoms with Crippen molar-refractivity contribution in [2.24, 2.45) is 0 Å². The SMILES string of the molecule is Cc1cccc2nc(NC(=O)c3cnccn3)n(C3CCCCN(C(=O)C=CCN(C)C)C3)c12. The topological polar surface area (TPSA) is 96.3 Å². The molecule has 3 heterocycles. The molecule has 1 saturated heterocycles. The first-order chi connectivity index (χ1) is 16.4. The van der Waals surface area contributed by atoms with Gasteiger partial charge in [-0.2, -0.15) is 0 Å². The Hall–Kier alpha value is -3.59. The van der Waals surface area contributed by atoms with E-state index in [1.54, 1.807) is 6.08 Å². The summed E-state index contributed by atoms with van der Waals surface area (Å²) in [5.74, 6) is 0.109. The number of hydrogen-bond donors (Lipinski definition) is 1. The normalized spacial score (nSPS) is 16.8. The van der Waals surface area contributed by atoms with Crippen molar-refractivity contribution in [1.29, 1.82) is 0 Å². The van der Waals surface area contributed by atoms with E-state index < -0.39 is 0 Å². The van der Waals surface area contributed by atoms with Crippen LogP contribution < -0.4 is 5.32 Å². The van der Waals surface area contributed by atoms with Gasteiger partial charge in [-0.3, -0.25) is 19.9 Å². The number of likely N-dealkylation sites (N-methyl/N-ethyl adjacent to an activating group) is 1. The van der Waals surface area contributed by atoms with E-state index >= 15 is 0 Å². The molecule has 1 aliphatic heterocycles. The number of para-hydroxylation sites is 1. The van der Waals surface area contributed by atoms with Crippen LogP contribution in [0, 0.1) is 6.92 Å². The van der Waals surface area contributed by atoms with E-state index in [1.807, 2.05) is 55.1 Å². The standard InChI is InChI=1S/C25H31N7O2/c1-18-8-6-10-20-23(18)32(25(28-20)29-24(34)21-16-26-12-13-27-21)19-9-4-5-15-31(17-19)22(33)11-7-14-30(2)3/h6-8,10-13,16,19H,4-5,9,14-15,17H2,1-3H3,(H,28,29,34).